The molecule has 49 heavy (non-hydrogen) atoms. The van der Waals surface area contributed by atoms with Crippen LogP contribution >= 0.6 is 11.3 Å². The van der Waals surface area contributed by atoms with Gasteiger partial charge in [-0.2, -0.15) is 0 Å². The number of halogens is 3. The van der Waals surface area contributed by atoms with Crippen molar-refractivity contribution >= 4 is 34.8 Å². The van der Waals surface area contributed by atoms with Gasteiger partial charge < -0.3 is 25.8 Å². The van der Waals surface area contributed by atoms with E-state index in [1.54, 1.807) is 53.9 Å². The Bertz CT molecular complexity index is 1640. The molecule has 4 aromatic rings. The fourth-order valence-electron chi connectivity index (χ4n) is 4.98. The number of nitrogens with one attached hydrogen (secondary N) is 3. The molecule has 9 nitrogen and oxygen atoms in total. The van der Waals surface area contributed by atoms with Gasteiger partial charge in [0.25, 0.3) is 5.91 Å². The molecule has 2 unspecified atom stereocenters. The Morgan fingerprint density at radius 3 is 2.06 bits per heavy atom. The molecule has 0 saturated carbocycles. The largest absolute Gasteiger partial charge is 0.573 e. The second kappa shape index (κ2) is 18.7. The number of aliphatic carboxylic acids is 1. The third kappa shape index (κ3) is 12.3. The van der Waals surface area contributed by atoms with Crippen molar-refractivity contribution in [3.8, 4) is 16.2 Å². The molecule has 0 aliphatic carbocycles. The van der Waals surface area contributed by atoms with Gasteiger partial charge in [0, 0.05) is 24.0 Å². The number of carbonyl (C=O) groups is 3. The van der Waals surface area contributed by atoms with E-state index in [-0.39, 0.29) is 18.9 Å². The quantitative estimate of drug-likeness (QED) is 0.106. The van der Waals surface area contributed by atoms with Gasteiger partial charge >= 0.3 is 12.3 Å². The highest BCUT2D eigenvalue weighted by molar-refractivity contribution is 7.15. The summed E-state index contributed by atoms with van der Waals surface area (Å²) in [6.45, 7) is 7.00. The number of rotatable bonds is 14. The number of amides is 2. The summed E-state index contributed by atoms with van der Waals surface area (Å²) in [6.07, 6.45) is -2.01. The summed E-state index contributed by atoms with van der Waals surface area (Å²) < 4.78 is 42.5. The monoisotopic (exact) mass is 698 g/mol. The fourth-order valence-corrected chi connectivity index (χ4v) is 5.76. The molecule has 0 aliphatic heterocycles. The Kier molecular flexibility index (Phi) is 14.8. The number of alkyl halides is 3. The molecular weight excluding hydrogens is 657 g/mol. The summed E-state index contributed by atoms with van der Waals surface area (Å²) >= 11 is 1.55. The lowest BCUT2D eigenvalue weighted by Crippen LogP contribution is -2.27. The third-order valence-corrected chi connectivity index (χ3v) is 8.36. The highest BCUT2D eigenvalue weighted by Crippen LogP contribution is 2.39. The van der Waals surface area contributed by atoms with E-state index in [2.05, 4.69) is 32.6 Å². The summed E-state index contributed by atoms with van der Waals surface area (Å²) in [6, 6.07) is 19.3. The van der Waals surface area contributed by atoms with Gasteiger partial charge in [0.1, 0.15) is 5.75 Å². The summed E-state index contributed by atoms with van der Waals surface area (Å²) in [5.41, 5.74) is 3.07. The molecule has 2 amide bonds. The van der Waals surface area contributed by atoms with Gasteiger partial charge in [-0.3, -0.25) is 14.4 Å². The van der Waals surface area contributed by atoms with Crippen molar-refractivity contribution in [2.24, 2.45) is 0 Å². The molecular formula is C36H41F3N4O5S. The second-order valence-corrected chi connectivity index (χ2v) is 12.3. The molecule has 3 aromatic carbocycles. The maximum Gasteiger partial charge on any atom is 0.573 e. The number of hydrogen-bond donors (Lipinski definition) is 4. The van der Waals surface area contributed by atoms with Gasteiger partial charge in [0.2, 0.25) is 5.91 Å². The maximum absolute atomic E-state index is 14.0. The van der Waals surface area contributed by atoms with Gasteiger partial charge in [-0.25, -0.2) is 4.98 Å². The molecule has 0 fully saturated rings. The number of carbonyl (C=O) groups excluding carboxylic acids is 2. The number of carboxylic acid groups (broad SMARTS) is 1. The van der Waals surface area contributed by atoms with Crippen LogP contribution in [0.5, 0.6) is 5.75 Å². The van der Waals surface area contributed by atoms with Crippen LogP contribution < -0.4 is 20.7 Å². The maximum atomic E-state index is 14.0. The smallest absolute Gasteiger partial charge is 0.481 e. The zero-order chi connectivity index (χ0) is 36.0. The summed E-state index contributed by atoms with van der Waals surface area (Å²) in [7, 11) is 1.93. The van der Waals surface area contributed by atoms with E-state index in [4.69, 9.17) is 5.11 Å². The van der Waals surface area contributed by atoms with Crippen molar-refractivity contribution in [3.05, 3.63) is 101 Å². The van der Waals surface area contributed by atoms with Crippen LogP contribution in [-0.2, 0) is 9.59 Å². The van der Waals surface area contributed by atoms with Crippen LogP contribution in [0, 0.1) is 6.92 Å². The number of benzene rings is 3. The van der Waals surface area contributed by atoms with Crippen molar-refractivity contribution in [2.45, 2.75) is 58.2 Å². The fraction of sp³-hybridized carbons (Fsp3) is 0.333. The van der Waals surface area contributed by atoms with Crippen molar-refractivity contribution in [3.63, 3.8) is 0 Å². The van der Waals surface area contributed by atoms with E-state index in [9.17, 15) is 27.6 Å². The minimum Gasteiger partial charge on any atom is -0.481 e. The molecule has 0 radical (unpaired) electrons. The van der Waals surface area contributed by atoms with Gasteiger partial charge in [0.05, 0.1) is 22.2 Å². The average Bonchev–Trinajstić information content (AvgIpc) is 3.51. The van der Waals surface area contributed by atoms with Crippen LogP contribution in [0.2, 0.25) is 0 Å². The van der Waals surface area contributed by atoms with Crippen LogP contribution in [0.4, 0.5) is 18.9 Å². The molecule has 1 heterocycles. The molecule has 0 spiro atoms. The van der Waals surface area contributed by atoms with Crippen LogP contribution in [0.1, 0.15) is 71.4 Å². The lowest BCUT2D eigenvalue weighted by Gasteiger charge is -2.28. The van der Waals surface area contributed by atoms with Gasteiger partial charge in [-0.15, -0.1) is 24.5 Å². The average molecular weight is 699 g/mol. The highest BCUT2D eigenvalue weighted by Gasteiger charge is 2.33. The zero-order valence-electron chi connectivity index (χ0n) is 27.8. The predicted octanol–water partition coefficient (Wildman–Crippen LogP) is 7.75. The number of ether oxygens (including phenoxy) is 1. The van der Waals surface area contributed by atoms with Crippen molar-refractivity contribution in [1.82, 2.24) is 15.6 Å². The first kappa shape index (κ1) is 38.7. The molecule has 1 aromatic heterocycles. The first-order chi connectivity index (χ1) is 23.3. The van der Waals surface area contributed by atoms with Gasteiger partial charge in [0.15, 0.2) is 0 Å². The molecule has 262 valence electrons. The first-order valence-corrected chi connectivity index (χ1v) is 16.6. The number of hydrogen-bond acceptors (Lipinski definition) is 7. The molecule has 0 aliphatic rings. The van der Waals surface area contributed by atoms with Crippen molar-refractivity contribution < 1.29 is 37.4 Å². The number of carboxylic acids is 1. The lowest BCUT2D eigenvalue weighted by atomic mass is 9.78. The van der Waals surface area contributed by atoms with Crippen molar-refractivity contribution in [2.75, 3.05) is 25.5 Å². The van der Waals surface area contributed by atoms with E-state index in [1.165, 1.54) is 24.3 Å². The predicted molar refractivity (Wildman–Crippen MR) is 185 cm³/mol. The van der Waals surface area contributed by atoms with E-state index in [0.29, 0.717) is 29.7 Å². The van der Waals surface area contributed by atoms with Crippen LogP contribution in [-0.4, -0.2) is 54.4 Å². The van der Waals surface area contributed by atoms with E-state index < -0.39 is 35.8 Å². The highest BCUT2D eigenvalue weighted by atomic mass is 32.1. The Labute approximate surface area is 287 Å². The third-order valence-electron chi connectivity index (χ3n) is 7.39. The molecule has 4 N–H and O–H groups in total. The molecule has 0 bridgehead atoms. The summed E-state index contributed by atoms with van der Waals surface area (Å²) in [5.74, 6) is -3.40. The molecule has 2 atom stereocenters. The number of anilines is 1. The van der Waals surface area contributed by atoms with Crippen LogP contribution in [0.25, 0.3) is 10.4 Å². The van der Waals surface area contributed by atoms with Crippen molar-refractivity contribution in [1.29, 1.82) is 0 Å². The Morgan fingerprint density at radius 1 is 0.939 bits per heavy atom. The number of aryl methyl sites for hydroxylation is 1. The standard InChI is InChI=1S/C33H32F3N3O5S.C3H9N/c1-3-4-27(21-5-7-24(8-6-21)31(42)37-18-17-29(40)41)30(23-11-15-26(16-12-23)44-33(34,35)36)32(43)39-25-13-9-22(10-14-25)28-19-38-20(2)45-28;1-3-4-2/h5-16,19,27,30H,3-4,17-18H2,1-2H3,(H,37,42)(H,39,43)(H,40,41);4H,3H2,1-2H3. The Balaban J connectivity index is 0.00000154. The molecule has 13 heteroatoms. The second-order valence-electron chi connectivity index (χ2n) is 11.0. The SMILES string of the molecule is CCCC(c1ccc(C(=O)NCCC(=O)O)cc1)C(C(=O)Nc1ccc(-c2cnc(C)s2)cc1)c1ccc(OC(F)(F)F)cc1.CCNC. The topological polar surface area (TPSA) is 130 Å². The van der Waals surface area contributed by atoms with Gasteiger partial charge in [-0.05, 0) is 85.9 Å². The first-order valence-electron chi connectivity index (χ1n) is 15.8. The van der Waals surface area contributed by atoms with E-state index in [0.717, 1.165) is 27.6 Å². The normalized spacial score (nSPS) is 12.2. The molecule has 4 rings (SSSR count). The summed E-state index contributed by atoms with van der Waals surface area (Å²) in [5, 5.41) is 18.2. The van der Waals surface area contributed by atoms with Gasteiger partial charge in [-0.1, -0.05) is 56.7 Å². The minimum absolute atomic E-state index is 0.0183. The number of nitrogens with zero attached hydrogens (tertiary/aromatic N) is 1. The number of aromatic nitrogens is 1. The Hall–Kier alpha value is -4.75. The molecule has 0 saturated heterocycles. The lowest BCUT2D eigenvalue weighted by molar-refractivity contribution is -0.274. The van der Waals surface area contributed by atoms with E-state index in [1.807, 2.05) is 33.0 Å². The Morgan fingerprint density at radius 2 is 1.55 bits per heavy atom. The van der Waals surface area contributed by atoms with E-state index >= 15 is 0 Å². The van der Waals surface area contributed by atoms with Crippen LogP contribution in [0.3, 0.4) is 0 Å². The zero-order valence-corrected chi connectivity index (χ0v) is 28.6. The summed E-state index contributed by atoms with van der Waals surface area (Å²) in [4.78, 5) is 42.5. The van der Waals surface area contributed by atoms with Crippen LogP contribution in [0.15, 0.2) is 79.0 Å². The minimum atomic E-state index is -4.85. The number of thiazole rings is 1.